The number of amides is 1. The third kappa shape index (κ3) is 5.34. The fourth-order valence-electron chi connectivity index (χ4n) is 2.53. The van der Waals surface area contributed by atoms with Gasteiger partial charge in [0.1, 0.15) is 5.75 Å². The van der Waals surface area contributed by atoms with Crippen LogP contribution in [0.25, 0.3) is 0 Å². The molecule has 0 radical (unpaired) electrons. The van der Waals surface area contributed by atoms with Gasteiger partial charge in [-0.05, 0) is 63.3 Å². The average Bonchev–Trinajstić information content (AvgIpc) is 2.45. The molecular formula is C16H24Cl2N2O2. The molecule has 0 bridgehead atoms. The SMILES string of the molecule is Cc1cc(OC(C)C(=O)NC2CCC(N)CC2)ccc1Cl.Cl. The first-order valence-corrected chi connectivity index (χ1v) is 7.82. The maximum Gasteiger partial charge on any atom is 0.260 e. The molecule has 1 atom stereocenters. The Labute approximate surface area is 143 Å². The number of carbonyl (C=O) groups excluding carboxylic acids is 1. The van der Waals surface area contributed by atoms with Crippen LogP contribution in [0.3, 0.4) is 0 Å². The molecule has 4 nitrogen and oxygen atoms in total. The summed E-state index contributed by atoms with van der Waals surface area (Å²) in [6.45, 7) is 3.67. The minimum atomic E-state index is -0.527. The van der Waals surface area contributed by atoms with Crippen molar-refractivity contribution in [2.45, 2.75) is 57.7 Å². The number of aryl methyl sites for hydroxylation is 1. The van der Waals surface area contributed by atoms with Crippen LogP contribution in [0.1, 0.15) is 38.2 Å². The molecular weight excluding hydrogens is 323 g/mol. The van der Waals surface area contributed by atoms with E-state index in [2.05, 4.69) is 5.32 Å². The number of halogens is 2. The molecule has 0 heterocycles. The maximum absolute atomic E-state index is 12.2. The summed E-state index contributed by atoms with van der Waals surface area (Å²) in [4.78, 5) is 12.2. The van der Waals surface area contributed by atoms with Gasteiger partial charge in [-0.1, -0.05) is 11.6 Å². The van der Waals surface area contributed by atoms with Gasteiger partial charge in [0.15, 0.2) is 6.10 Å². The van der Waals surface area contributed by atoms with Gasteiger partial charge in [0.2, 0.25) is 0 Å². The van der Waals surface area contributed by atoms with Gasteiger partial charge in [0.25, 0.3) is 5.91 Å². The van der Waals surface area contributed by atoms with Crippen molar-refractivity contribution >= 4 is 29.9 Å². The Balaban J connectivity index is 0.00000242. The van der Waals surface area contributed by atoms with Gasteiger partial charge in [-0.15, -0.1) is 12.4 Å². The van der Waals surface area contributed by atoms with Crippen LogP contribution < -0.4 is 15.8 Å². The number of nitrogens with one attached hydrogen (secondary N) is 1. The normalized spacial score (nSPS) is 22.4. The lowest BCUT2D eigenvalue weighted by Gasteiger charge is -2.28. The number of hydrogen-bond donors (Lipinski definition) is 2. The lowest BCUT2D eigenvalue weighted by molar-refractivity contribution is -0.128. The molecule has 0 aliphatic heterocycles. The van der Waals surface area contributed by atoms with E-state index in [9.17, 15) is 4.79 Å². The van der Waals surface area contributed by atoms with Gasteiger partial charge in [0.05, 0.1) is 0 Å². The van der Waals surface area contributed by atoms with E-state index in [-0.39, 0.29) is 30.4 Å². The molecule has 1 aliphatic rings. The summed E-state index contributed by atoms with van der Waals surface area (Å²) >= 11 is 5.98. The minimum absolute atomic E-state index is 0. The third-order valence-electron chi connectivity index (χ3n) is 3.93. The zero-order valence-electron chi connectivity index (χ0n) is 13.0. The van der Waals surface area contributed by atoms with Crippen molar-refractivity contribution in [2.75, 3.05) is 0 Å². The molecule has 1 saturated carbocycles. The molecule has 124 valence electrons. The number of rotatable bonds is 4. The second-order valence-electron chi connectivity index (χ2n) is 5.79. The van der Waals surface area contributed by atoms with Crippen molar-refractivity contribution in [3.63, 3.8) is 0 Å². The third-order valence-corrected chi connectivity index (χ3v) is 4.35. The Morgan fingerprint density at radius 2 is 2.00 bits per heavy atom. The standard InChI is InChI=1S/C16H23ClN2O2.ClH/c1-10-9-14(7-8-15(10)17)21-11(2)16(20)19-13-5-3-12(18)4-6-13;/h7-9,11-13H,3-6,18H2,1-2H3,(H,19,20);1H. The molecule has 3 N–H and O–H groups in total. The van der Waals surface area contributed by atoms with Gasteiger partial charge >= 0.3 is 0 Å². The number of ether oxygens (including phenoxy) is 1. The largest absolute Gasteiger partial charge is 0.481 e. The van der Waals surface area contributed by atoms with Crippen LogP contribution in [0.4, 0.5) is 0 Å². The Kier molecular flexibility index (Phi) is 7.46. The highest BCUT2D eigenvalue weighted by Crippen LogP contribution is 2.22. The molecule has 22 heavy (non-hydrogen) atoms. The van der Waals surface area contributed by atoms with Crippen LogP contribution in [-0.4, -0.2) is 24.1 Å². The highest BCUT2D eigenvalue weighted by Gasteiger charge is 2.23. The van der Waals surface area contributed by atoms with Crippen molar-refractivity contribution in [1.82, 2.24) is 5.32 Å². The van der Waals surface area contributed by atoms with E-state index >= 15 is 0 Å². The van der Waals surface area contributed by atoms with Crippen LogP contribution in [0.15, 0.2) is 18.2 Å². The molecule has 0 spiro atoms. The van der Waals surface area contributed by atoms with E-state index in [1.54, 1.807) is 19.1 Å². The molecule has 1 aliphatic carbocycles. The minimum Gasteiger partial charge on any atom is -0.481 e. The highest BCUT2D eigenvalue weighted by molar-refractivity contribution is 6.31. The molecule has 0 saturated heterocycles. The van der Waals surface area contributed by atoms with E-state index in [1.807, 2.05) is 13.0 Å². The summed E-state index contributed by atoms with van der Waals surface area (Å²) in [6, 6.07) is 5.89. The molecule has 1 aromatic carbocycles. The van der Waals surface area contributed by atoms with Crippen LogP contribution in [0.2, 0.25) is 5.02 Å². The van der Waals surface area contributed by atoms with Crippen molar-refractivity contribution in [3.8, 4) is 5.75 Å². The molecule has 6 heteroatoms. The predicted molar refractivity (Wildman–Crippen MR) is 91.9 cm³/mol. The Hall–Kier alpha value is -0.970. The second kappa shape index (κ2) is 8.61. The van der Waals surface area contributed by atoms with Gasteiger partial charge < -0.3 is 15.8 Å². The van der Waals surface area contributed by atoms with Crippen molar-refractivity contribution in [1.29, 1.82) is 0 Å². The number of nitrogens with two attached hydrogens (primary N) is 1. The van der Waals surface area contributed by atoms with E-state index in [0.29, 0.717) is 10.8 Å². The first-order chi connectivity index (χ1) is 9.95. The summed E-state index contributed by atoms with van der Waals surface area (Å²) in [5.41, 5.74) is 6.80. The molecule has 1 unspecified atom stereocenters. The fraction of sp³-hybridized carbons (Fsp3) is 0.562. The first kappa shape index (κ1) is 19.1. The molecule has 2 rings (SSSR count). The molecule has 1 amide bonds. The van der Waals surface area contributed by atoms with Crippen LogP contribution in [0, 0.1) is 6.92 Å². The Morgan fingerprint density at radius 1 is 1.36 bits per heavy atom. The van der Waals surface area contributed by atoms with E-state index in [4.69, 9.17) is 22.1 Å². The zero-order valence-corrected chi connectivity index (χ0v) is 14.5. The molecule has 1 fully saturated rings. The summed E-state index contributed by atoms with van der Waals surface area (Å²) in [7, 11) is 0. The smallest absolute Gasteiger partial charge is 0.260 e. The van der Waals surface area contributed by atoms with Gasteiger partial charge in [-0.2, -0.15) is 0 Å². The van der Waals surface area contributed by atoms with E-state index < -0.39 is 6.10 Å². The van der Waals surface area contributed by atoms with Gasteiger partial charge in [0, 0.05) is 17.1 Å². The van der Waals surface area contributed by atoms with Crippen molar-refractivity contribution < 1.29 is 9.53 Å². The summed E-state index contributed by atoms with van der Waals surface area (Å²) < 4.78 is 5.68. The van der Waals surface area contributed by atoms with Crippen LogP contribution in [0.5, 0.6) is 5.75 Å². The predicted octanol–water partition coefficient (Wildman–Crippen LogP) is 3.22. The van der Waals surface area contributed by atoms with Crippen LogP contribution >= 0.6 is 24.0 Å². The molecule has 1 aromatic rings. The number of benzene rings is 1. The number of carbonyl (C=O) groups is 1. The molecule has 0 aromatic heterocycles. The zero-order chi connectivity index (χ0) is 15.4. The first-order valence-electron chi connectivity index (χ1n) is 7.44. The highest BCUT2D eigenvalue weighted by atomic mass is 35.5. The summed E-state index contributed by atoms with van der Waals surface area (Å²) in [6.07, 6.45) is 3.30. The average molecular weight is 347 g/mol. The topological polar surface area (TPSA) is 64.3 Å². The maximum atomic E-state index is 12.2. The quantitative estimate of drug-likeness (QED) is 0.879. The number of hydrogen-bond acceptors (Lipinski definition) is 3. The van der Waals surface area contributed by atoms with Gasteiger partial charge in [-0.25, -0.2) is 0 Å². The lowest BCUT2D eigenvalue weighted by Crippen LogP contribution is -2.45. The second-order valence-corrected chi connectivity index (χ2v) is 6.20. The van der Waals surface area contributed by atoms with Crippen molar-refractivity contribution in [3.05, 3.63) is 28.8 Å². The fourth-order valence-corrected chi connectivity index (χ4v) is 2.65. The van der Waals surface area contributed by atoms with Crippen LogP contribution in [-0.2, 0) is 4.79 Å². The monoisotopic (exact) mass is 346 g/mol. The van der Waals surface area contributed by atoms with E-state index in [0.717, 1.165) is 31.2 Å². The summed E-state index contributed by atoms with van der Waals surface area (Å²) in [5, 5.41) is 3.73. The Morgan fingerprint density at radius 3 is 2.59 bits per heavy atom. The summed E-state index contributed by atoms with van der Waals surface area (Å²) in [5.74, 6) is 0.577. The van der Waals surface area contributed by atoms with E-state index in [1.165, 1.54) is 0 Å². The van der Waals surface area contributed by atoms with Crippen molar-refractivity contribution in [2.24, 2.45) is 5.73 Å². The lowest BCUT2D eigenvalue weighted by atomic mass is 9.92. The van der Waals surface area contributed by atoms with Gasteiger partial charge in [-0.3, -0.25) is 4.79 Å². The Bertz CT molecular complexity index is 503.